The lowest BCUT2D eigenvalue weighted by Crippen LogP contribution is -2.30. The molecule has 2 aliphatic heterocycles. The summed E-state index contributed by atoms with van der Waals surface area (Å²) in [6, 6.07) is 17.3. The minimum absolute atomic E-state index is 0.556. The van der Waals surface area contributed by atoms with Crippen LogP contribution in [0.25, 0.3) is 28.5 Å². The third-order valence-electron chi connectivity index (χ3n) is 6.63. The van der Waals surface area contributed by atoms with Crippen molar-refractivity contribution in [3.8, 4) is 11.1 Å². The van der Waals surface area contributed by atoms with Gasteiger partial charge in [0.15, 0.2) is 0 Å². The van der Waals surface area contributed by atoms with Gasteiger partial charge in [0.1, 0.15) is 5.82 Å². The van der Waals surface area contributed by atoms with Crippen molar-refractivity contribution in [2.45, 2.75) is 19.9 Å². The summed E-state index contributed by atoms with van der Waals surface area (Å²) >= 11 is 0. The van der Waals surface area contributed by atoms with E-state index in [9.17, 15) is 0 Å². The molecule has 0 unspecified atom stereocenters. The van der Waals surface area contributed by atoms with Crippen molar-refractivity contribution >= 4 is 28.9 Å². The summed E-state index contributed by atoms with van der Waals surface area (Å²) in [7, 11) is 0. The molecule has 5 rings (SSSR count). The van der Waals surface area contributed by atoms with Crippen molar-refractivity contribution in [3.63, 3.8) is 0 Å². The smallest absolute Gasteiger partial charge is 0.111 e. The maximum Gasteiger partial charge on any atom is 0.111 e. The molecule has 2 aliphatic rings. The van der Waals surface area contributed by atoms with Gasteiger partial charge < -0.3 is 20.9 Å². The van der Waals surface area contributed by atoms with Gasteiger partial charge in [-0.15, -0.1) is 0 Å². The van der Waals surface area contributed by atoms with Crippen LogP contribution < -0.4 is 11.1 Å². The Labute approximate surface area is 190 Å². The number of anilines is 2. The van der Waals surface area contributed by atoms with E-state index < -0.39 is 0 Å². The van der Waals surface area contributed by atoms with Gasteiger partial charge >= 0.3 is 0 Å². The highest BCUT2D eigenvalue weighted by Crippen LogP contribution is 2.38. The van der Waals surface area contributed by atoms with Gasteiger partial charge in [0.25, 0.3) is 0 Å². The molecule has 5 nitrogen and oxygen atoms in total. The number of aromatic nitrogens is 1. The van der Waals surface area contributed by atoms with Gasteiger partial charge in [-0.25, -0.2) is 0 Å². The van der Waals surface area contributed by atoms with Crippen LogP contribution in [0.5, 0.6) is 0 Å². The summed E-state index contributed by atoms with van der Waals surface area (Å²) in [5, 5.41) is 3.54. The normalized spacial score (nSPS) is 16.1. The maximum atomic E-state index is 6.26. The minimum atomic E-state index is 0.556. The van der Waals surface area contributed by atoms with Crippen LogP contribution in [0.15, 0.2) is 61.3 Å². The highest BCUT2D eigenvalue weighted by atomic mass is 15.4. The topological polar surface area (TPSA) is 60.3 Å². The second-order valence-electron chi connectivity index (χ2n) is 8.94. The van der Waals surface area contributed by atoms with Gasteiger partial charge in [0, 0.05) is 59.9 Å². The van der Waals surface area contributed by atoms with Gasteiger partial charge in [0.2, 0.25) is 0 Å². The number of nitrogen functional groups attached to an aromatic ring is 1. The van der Waals surface area contributed by atoms with Gasteiger partial charge in [-0.1, -0.05) is 43.0 Å². The van der Waals surface area contributed by atoms with Crippen LogP contribution in [0.2, 0.25) is 0 Å². The zero-order chi connectivity index (χ0) is 22.2. The standard InChI is InChI=1S/C27H31N5/c1-18(2)31-11-12-32(17-31)19(3)20-7-6-8-21(13-20)22-14-24-25(16-30-27(24)29-15-22)23-9-4-5-10-26(23)28/h4-10,13-14,16,18,29-30H,3,11-12,15,17,28H2,1-2H3. The summed E-state index contributed by atoms with van der Waals surface area (Å²) in [5.74, 6) is 1.04. The van der Waals surface area contributed by atoms with Crippen LogP contribution >= 0.6 is 0 Å². The molecule has 0 radical (unpaired) electrons. The van der Waals surface area contributed by atoms with Gasteiger partial charge in [-0.2, -0.15) is 0 Å². The Morgan fingerprint density at radius 2 is 1.91 bits per heavy atom. The Hall–Kier alpha value is -3.44. The first kappa shape index (κ1) is 20.5. The molecule has 0 saturated carbocycles. The Morgan fingerprint density at radius 3 is 2.69 bits per heavy atom. The molecule has 1 aromatic heterocycles. The number of benzene rings is 2. The third kappa shape index (κ3) is 3.69. The van der Waals surface area contributed by atoms with E-state index in [1.165, 1.54) is 16.7 Å². The highest BCUT2D eigenvalue weighted by molar-refractivity contribution is 5.97. The van der Waals surface area contributed by atoms with E-state index in [4.69, 9.17) is 5.73 Å². The van der Waals surface area contributed by atoms with Crippen LogP contribution in [0.4, 0.5) is 11.5 Å². The first-order chi connectivity index (χ1) is 15.5. The largest absolute Gasteiger partial charge is 0.398 e. The van der Waals surface area contributed by atoms with E-state index in [1.807, 2.05) is 24.4 Å². The van der Waals surface area contributed by atoms with Crippen molar-refractivity contribution in [3.05, 3.63) is 78.0 Å². The van der Waals surface area contributed by atoms with Crippen molar-refractivity contribution in [1.82, 2.24) is 14.8 Å². The number of nitrogens with zero attached hydrogens (tertiary/aromatic N) is 2. The average molecular weight is 426 g/mol. The molecule has 1 fully saturated rings. The van der Waals surface area contributed by atoms with E-state index in [0.29, 0.717) is 6.04 Å². The van der Waals surface area contributed by atoms with Gasteiger partial charge in [-0.3, -0.25) is 4.90 Å². The molecule has 3 heterocycles. The van der Waals surface area contributed by atoms with Crippen LogP contribution in [0.1, 0.15) is 30.5 Å². The average Bonchev–Trinajstić information content (AvgIpc) is 3.46. The molecule has 0 bridgehead atoms. The van der Waals surface area contributed by atoms with Crippen LogP contribution in [0.3, 0.4) is 0 Å². The van der Waals surface area contributed by atoms with E-state index in [1.54, 1.807) is 0 Å². The van der Waals surface area contributed by atoms with E-state index in [0.717, 1.165) is 60.2 Å². The van der Waals surface area contributed by atoms with Crippen LogP contribution in [0, 0.1) is 0 Å². The summed E-state index contributed by atoms with van der Waals surface area (Å²) < 4.78 is 0. The molecule has 3 aromatic rings. The second-order valence-corrected chi connectivity index (χ2v) is 8.94. The summed E-state index contributed by atoms with van der Waals surface area (Å²) in [6.07, 6.45) is 4.32. The van der Waals surface area contributed by atoms with Gasteiger partial charge in [-0.05, 0) is 48.8 Å². The monoisotopic (exact) mass is 425 g/mol. The quantitative estimate of drug-likeness (QED) is 0.493. The molecule has 2 aromatic carbocycles. The maximum absolute atomic E-state index is 6.26. The fraction of sp³-hybridized carbons (Fsp3) is 0.259. The molecule has 0 atom stereocenters. The Kier molecular flexibility index (Phi) is 5.27. The van der Waals surface area contributed by atoms with Crippen molar-refractivity contribution in [2.75, 3.05) is 37.4 Å². The lowest BCUT2D eigenvalue weighted by molar-refractivity contribution is 0.244. The van der Waals surface area contributed by atoms with E-state index in [-0.39, 0.29) is 0 Å². The Bertz CT molecular complexity index is 1190. The van der Waals surface area contributed by atoms with Gasteiger partial charge in [0.05, 0.1) is 6.67 Å². The summed E-state index contributed by atoms with van der Waals surface area (Å²) in [5.41, 5.74) is 15.1. The van der Waals surface area contributed by atoms with E-state index >= 15 is 0 Å². The number of fused-ring (bicyclic) bond motifs is 1. The molecule has 32 heavy (non-hydrogen) atoms. The number of hydrogen-bond acceptors (Lipinski definition) is 4. The Balaban J connectivity index is 1.44. The Morgan fingerprint density at radius 1 is 1.06 bits per heavy atom. The zero-order valence-corrected chi connectivity index (χ0v) is 18.9. The lowest BCUT2D eigenvalue weighted by Gasteiger charge is -2.24. The fourth-order valence-corrected chi connectivity index (χ4v) is 4.62. The molecule has 4 N–H and O–H groups in total. The molecular weight excluding hydrogens is 394 g/mol. The summed E-state index contributed by atoms with van der Waals surface area (Å²) in [6.45, 7) is 12.8. The summed E-state index contributed by atoms with van der Waals surface area (Å²) in [4.78, 5) is 8.23. The predicted molar refractivity (Wildman–Crippen MR) is 136 cm³/mol. The lowest BCUT2D eigenvalue weighted by atomic mass is 9.95. The van der Waals surface area contributed by atoms with Crippen LogP contribution in [-0.2, 0) is 0 Å². The first-order valence-corrected chi connectivity index (χ1v) is 11.3. The fourth-order valence-electron chi connectivity index (χ4n) is 4.62. The van der Waals surface area contributed by atoms with Crippen molar-refractivity contribution in [1.29, 1.82) is 0 Å². The number of rotatable bonds is 5. The van der Waals surface area contributed by atoms with Crippen molar-refractivity contribution in [2.24, 2.45) is 0 Å². The molecule has 5 heteroatoms. The second kappa shape index (κ2) is 8.24. The number of hydrogen-bond donors (Lipinski definition) is 3. The SMILES string of the molecule is C=C(c1cccc(C2=Cc3c(-c4ccccc4N)c[nH]c3NC2)c1)N1CCN(C(C)C)C1. The number of nitrogens with one attached hydrogen (secondary N) is 2. The molecular formula is C27H31N5. The number of H-pyrrole nitrogens is 1. The van der Waals surface area contributed by atoms with E-state index in [2.05, 4.69) is 76.9 Å². The number of aromatic amines is 1. The molecule has 164 valence electrons. The van der Waals surface area contributed by atoms with Crippen molar-refractivity contribution < 1.29 is 0 Å². The third-order valence-corrected chi connectivity index (χ3v) is 6.63. The minimum Gasteiger partial charge on any atom is -0.398 e. The highest BCUT2D eigenvalue weighted by Gasteiger charge is 2.24. The molecule has 0 amide bonds. The number of para-hydroxylation sites is 1. The zero-order valence-electron chi connectivity index (χ0n) is 18.9. The molecule has 1 saturated heterocycles. The number of nitrogens with two attached hydrogens (primary N) is 1. The molecule has 0 aliphatic carbocycles. The van der Waals surface area contributed by atoms with Crippen LogP contribution in [-0.4, -0.2) is 47.1 Å². The first-order valence-electron chi connectivity index (χ1n) is 11.3. The molecule has 0 spiro atoms. The predicted octanol–water partition coefficient (Wildman–Crippen LogP) is 5.18.